The van der Waals surface area contributed by atoms with E-state index in [1.807, 2.05) is 0 Å². The van der Waals surface area contributed by atoms with Gasteiger partial charge in [0.15, 0.2) is 0 Å². The molecule has 4 aliphatic rings. The normalized spacial score (nSPS) is 30.4. The highest BCUT2D eigenvalue weighted by Crippen LogP contribution is 2.42. The Bertz CT molecular complexity index is 589. The van der Waals surface area contributed by atoms with E-state index in [0.717, 1.165) is 38.6 Å². The van der Waals surface area contributed by atoms with Gasteiger partial charge in [0.05, 0.1) is 12.0 Å². The van der Waals surface area contributed by atoms with E-state index in [-0.39, 0.29) is 18.4 Å². The molecule has 26 heavy (non-hydrogen) atoms. The Morgan fingerprint density at radius 1 is 1.04 bits per heavy atom. The quantitative estimate of drug-likeness (QED) is 0.764. The summed E-state index contributed by atoms with van der Waals surface area (Å²) in [6, 6.07) is 0.401. The molecule has 0 bridgehead atoms. The fraction of sp³-hybridized carbons (Fsp3) is 0.842. The number of cyclic esters (lactones) is 1. The zero-order valence-electron chi connectivity index (χ0n) is 15.5. The summed E-state index contributed by atoms with van der Waals surface area (Å²) < 4.78 is 4.89. The Labute approximate surface area is 154 Å². The number of amides is 3. The van der Waals surface area contributed by atoms with Gasteiger partial charge in [0.1, 0.15) is 13.2 Å². The smallest absolute Gasteiger partial charge is 0.410 e. The number of hydrogen-bond acceptors (Lipinski definition) is 4. The minimum Gasteiger partial charge on any atom is -0.448 e. The fourth-order valence-corrected chi connectivity index (χ4v) is 5.14. The van der Waals surface area contributed by atoms with Crippen LogP contribution in [-0.4, -0.2) is 78.0 Å². The largest absolute Gasteiger partial charge is 0.448 e. The van der Waals surface area contributed by atoms with Crippen molar-refractivity contribution in [2.45, 2.75) is 57.4 Å². The van der Waals surface area contributed by atoms with Crippen LogP contribution in [-0.2, 0) is 14.3 Å². The predicted octanol–water partition coefficient (Wildman–Crippen LogP) is 1.61. The second-order valence-corrected chi connectivity index (χ2v) is 8.28. The molecule has 1 aliphatic carbocycles. The van der Waals surface area contributed by atoms with Crippen LogP contribution in [0.5, 0.6) is 0 Å². The predicted molar refractivity (Wildman–Crippen MR) is 94.4 cm³/mol. The van der Waals surface area contributed by atoms with Gasteiger partial charge in [-0.2, -0.15) is 0 Å². The molecule has 7 nitrogen and oxygen atoms in total. The molecule has 3 aliphatic heterocycles. The molecule has 7 heteroatoms. The molecule has 0 aromatic heterocycles. The lowest BCUT2D eigenvalue weighted by Gasteiger charge is -2.44. The van der Waals surface area contributed by atoms with Crippen molar-refractivity contribution >= 4 is 17.9 Å². The summed E-state index contributed by atoms with van der Waals surface area (Å²) in [7, 11) is 0. The van der Waals surface area contributed by atoms with E-state index in [4.69, 9.17) is 4.74 Å². The van der Waals surface area contributed by atoms with Gasteiger partial charge in [-0.15, -0.1) is 0 Å². The van der Waals surface area contributed by atoms with Crippen LogP contribution in [0.3, 0.4) is 0 Å². The van der Waals surface area contributed by atoms with E-state index < -0.39 is 11.5 Å². The first-order chi connectivity index (χ1) is 12.6. The average molecular weight is 363 g/mol. The average Bonchev–Trinajstić information content (AvgIpc) is 3.26. The SMILES string of the molecule is O=C(CN1CCOC1=O)N1CC[C@@]2(CCCN(C3CCCCC3)C2=O)C1. The van der Waals surface area contributed by atoms with Gasteiger partial charge in [-0.05, 0) is 32.1 Å². The van der Waals surface area contributed by atoms with Crippen molar-refractivity contribution in [1.82, 2.24) is 14.7 Å². The molecule has 1 atom stereocenters. The van der Waals surface area contributed by atoms with Gasteiger partial charge >= 0.3 is 6.09 Å². The molecule has 0 unspecified atom stereocenters. The number of carbonyl (C=O) groups excluding carboxylic acids is 3. The van der Waals surface area contributed by atoms with E-state index in [9.17, 15) is 14.4 Å². The molecule has 0 N–H and O–H groups in total. The molecule has 3 saturated heterocycles. The molecule has 4 fully saturated rings. The second kappa shape index (κ2) is 7.08. The fourth-order valence-electron chi connectivity index (χ4n) is 5.14. The Morgan fingerprint density at radius 3 is 2.58 bits per heavy atom. The number of likely N-dealkylation sites (tertiary alicyclic amines) is 2. The van der Waals surface area contributed by atoms with Crippen LogP contribution in [0.15, 0.2) is 0 Å². The molecule has 0 aromatic carbocycles. The third-order valence-electron chi connectivity index (χ3n) is 6.66. The number of carbonyl (C=O) groups is 3. The summed E-state index contributed by atoms with van der Waals surface area (Å²) in [5, 5.41) is 0. The van der Waals surface area contributed by atoms with Gasteiger partial charge in [0.25, 0.3) is 0 Å². The maximum atomic E-state index is 13.3. The zero-order chi connectivity index (χ0) is 18.1. The van der Waals surface area contributed by atoms with Crippen LogP contribution >= 0.6 is 0 Å². The van der Waals surface area contributed by atoms with Gasteiger partial charge in [-0.3, -0.25) is 14.5 Å². The van der Waals surface area contributed by atoms with Crippen LogP contribution in [0, 0.1) is 5.41 Å². The summed E-state index contributed by atoms with van der Waals surface area (Å²) in [6.07, 6.45) is 8.23. The second-order valence-electron chi connectivity index (χ2n) is 8.28. The topological polar surface area (TPSA) is 70.2 Å². The Morgan fingerprint density at radius 2 is 1.85 bits per heavy atom. The highest BCUT2D eigenvalue weighted by atomic mass is 16.6. The third kappa shape index (κ3) is 3.16. The zero-order valence-corrected chi connectivity index (χ0v) is 15.5. The Kier molecular flexibility index (Phi) is 4.80. The molecule has 0 aromatic rings. The first-order valence-corrected chi connectivity index (χ1v) is 10.1. The van der Waals surface area contributed by atoms with E-state index in [2.05, 4.69) is 4.90 Å². The Balaban J connectivity index is 1.40. The third-order valence-corrected chi connectivity index (χ3v) is 6.66. The highest BCUT2D eigenvalue weighted by molar-refractivity contribution is 5.87. The summed E-state index contributed by atoms with van der Waals surface area (Å²) in [4.78, 5) is 42.9. The van der Waals surface area contributed by atoms with E-state index >= 15 is 0 Å². The monoisotopic (exact) mass is 363 g/mol. The van der Waals surface area contributed by atoms with Gasteiger partial charge in [0.2, 0.25) is 11.8 Å². The number of piperidine rings is 1. The molecule has 1 spiro atoms. The lowest BCUT2D eigenvalue weighted by Crippen LogP contribution is -2.54. The number of hydrogen-bond donors (Lipinski definition) is 0. The van der Waals surface area contributed by atoms with Crippen LogP contribution in [0.1, 0.15) is 51.4 Å². The van der Waals surface area contributed by atoms with Gasteiger partial charge in [0, 0.05) is 25.7 Å². The lowest BCUT2D eigenvalue weighted by molar-refractivity contribution is -0.149. The van der Waals surface area contributed by atoms with E-state index in [0.29, 0.717) is 32.3 Å². The van der Waals surface area contributed by atoms with Crippen molar-refractivity contribution in [3.63, 3.8) is 0 Å². The van der Waals surface area contributed by atoms with Crippen molar-refractivity contribution in [2.24, 2.45) is 5.41 Å². The summed E-state index contributed by atoms with van der Waals surface area (Å²) >= 11 is 0. The minimum atomic E-state index is -0.413. The molecular formula is C19H29N3O4. The first-order valence-electron chi connectivity index (χ1n) is 10.1. The summed E-state index contributed by atoms with van der Waals surface area (Å²) in [5.74, 6) is 0.204. The molecule has 3 heterocycles. The van der Waals surface area contributed by atoms with Crippen LogP contribution < -0.4 is 0 Å². The molecular weight excluding hydrogens is 334 g/mol. The number of ether oxygens (including phenoxy) is 1. The summed E-state index contributed by atoms with van der Waals surface area (Å²) in [6.45, 7) is 2.89. The maximum Gasteiger partial charge on any atom is 0.410 e. The van der Waals surface area contributed by atoms with Crippen molar-refractivity contribution in [3.05, 3.63) is 0 Å². The van der Waals surface area contributed by atoms with Gasteiger partial charge in [-0.25, -0.2) is 4.79 Å². The number of rotatable bonds is 3. The van der Waals surface area contributed by atoms with Gasteiger partial charge in [-0.1, -0.05) is 19.3 Å². The highest BCUT2D eigenvalue weighted by Gasteiger charge is 2.50. The minimum absolute atomic E-state index is 0.0649. The van der Waals surface area contributed by atoms with Gasteiger partial charge < -0.3 is 14.5 Å². The van der Waals surface area contributed by atoms with Crippen molar-refractivity contribution in [3.8, 4) is 0 Å². The molecule has 4 rings (SSSR count). The van der Waals surface area contributed by atoms with Crippen molar-refractivity contribution in [1.29, 1.82) is 0 Å². The molecule has 1 saturated carbocycles. The van der Waals surface area contributed by atoms with Crippen molar-refractivity contribution < 1.29 is 19.1 Å². The van der Waals surface area contributed by atoms with Crippen molar-refractivity contribution in [2.75, 3.05) is 39.3 Å². The maximum absolute atomic E-state index is 13.3. The molecule has 144 valence electrons. The first kappa shape index (κ1) is 17.6. The lowest BCUT2D eigenvalue weighted by atomic mass is 9.77. The molecule has 3 amide bonds. The Hall–Kier alpha value is -1.79. The standard InChI is InChI=1S/C19H29N3O4/c23-16(13-20-11-12-26-18(20)25)21-10-8-19(14-21)7-4-9-22(17(19)24)15-5-2-1-3-6-15/h15H,1-14H2/t19-/m0/s1. The summed E-state index contributed by atoms with van der Waals surface area (Å²) in [5.41, 5.74) is -0.392. The van der Waals surface area contributed by atoms with Crippen LogP contribution in [0.4, 0.5) is 4.79 Å². The van der Waals surface area contributed by atoms with Crippen LogP contribution in [0.2, 0.25) is 0 Å². The number of nitrogens with zero attached hydrogens (tertiary/aromatic N) is 3. The van der Waals surface area contributed by atoms with Crippen LogP contribution in [0.25, 0.3) is 0 Å². The molecule has 0 radical (unpaired) electrons. The van der Waals surface area contributed by atoms with E-state index in [1.54, 1.807) is 4.90 Å². The van der Waals surface area contributed by atoms with E-state index in [1.165, 1.54) is 24.2 Å².